The van der Waals surface area contributed by atoms with Gasteiger partial charge >= 0.3 is 0 Å². The van der Waals surface area contributed by atoms with Crippen LogP contribution in [0.5, 0.6) is 0 Å². The van der Waals surface area contributed by atoms with Crippen molar-refractivity contribution in [3.8, 4) is 0 Å². The number of fused-ring (bicyclic) bond motifs is 1. The first kappa shape index (κ1) is 22.3. The predicted molar refractivity (Wildman–Crippen MR) is 126 cm³/mol. The Morgan fingerprint density at radius 1 is 1.19 bits per heavy atom. The second-order valence-corrected chi connectivity index (χ2v) is 9.47. The first-order chi connectivity index (χ1) is 15.0. The Kier molecular flexibility index (Phi) is 7.30. The van der Waals surface area contributed by atoms with Gasteiger partial charge in [0.1, 0.15) is 0 Å². The van der Waals surface area contributed by atoms with Gasteiger partial charge < -0.3 is 20.9 Å². The zero-order chi connectivity index (χ0) is 21.8. The van der Waals surface area contributed by atoms with Crippen molar-refractivity contribution in [1.82, 2.24) is 20.4 Å². The average Bonchev–Trinajstić information content (AvgIpc) is 3.20. The molecule has 0 bridgehead atoms. The third-order valence-electron chi connectivity index (χ3n) is 6.46. The van der Waals surface area contributed by atoms with Crippen LogP contribution in [0.25, 0.3) is 0 Å². The fourth-order valence-corrected chi connectivity index (χ4v) is 5.24. The number of hydrogen-bond donors (Lipinski definition) is 3. The van der Waals surface area contributed by atoms with Crippen LogP contribution in [0, 0.1) is 0 Å². The van der Waals surface area contributed by atoms with Gasteiger partial charge in [-0.15, -0.1) is 0 Å². The Balaban J connectivity index is 1.29. The number of nitrogens with one attached hydrogen (secondary N) is 3. The van der Waals surface area contributed by atoms with Crippen LogP contribution in [0.4, 0.5) is 5.69 Å². The molecule has 1 aromatic rings. The highest BCUT2D eigenvalue weighted by Gasteiger charge is 2.43. The van der Waals surface area contributed by atoms with Gasteiger partial charge in [-0.05, 0) is 68.6 Å². The molecule has 0 spiro atoms. The summed E-state index contributed by atoms with van der Waals surface area (Å²) in [6.07, 6.45) is 5.44. The third-order valence-corrected chi connectivity index (χ3v) is 6.93. The van der Waals surface area contributed by atoms with Crippen LogP contribution in [0.1, 0.15) is 38.5 Å². The molecule has 3 N–H and O–H groups in total. The number of piperidine rings is 1. The molecule has 3 fully saturated rings. The molecule has 3 atom stereocenters. The first-order valence-electron chi connectivity index (χ1n) is 11.1. The van der Waals surface area contributed by atoms with Crippen molar-refractivity contribution < 1.29 is 9.59 Å². The van der Waals surface area contributed by atoms with Gasteiger partial charge in [0.2, 0.25) is 11.8 Å². The summed E-state index contributed by atoms with van der Waals surface area (Å²) in [5.74, 6) is 0.315. The van der Waals surface area contributed by atoms with E-state index >= 15 is 0 Å². The van der Waals surface area contributed by atoms with Crippen molar-refractivity contribution in [2.45, 2.75) is 56.7 Å². The number of thiocarbonyl (C=S) groups is 1. The van der Waals surface area contributed by atoms with Gasteiger partial charge in [0.15, 0.2) is 5.11 Å². The molecule has 9 heteroatoms. The molecule has 3 unspecified atom stereocenters. The molecule has 3 heterocycles. The van der Waals surface area contributed by atoms with Gasteiger partial charge in [-0.3, -0.25) is 14.5 Å². The Morgan fingerprint density at radius 3 is 2.68 bits per heavy atom. The summed E-state index contributed by atoms with van der Waals surface area (Å²) >= 11 is 11.4. The monoisotopic (exact) mass is 463 g/mol. The van der Waals surface area contributed by atoms with E-state index in [0.717, 1.165) is 44.6 Å². The van der Waals surface area contributed by atoms with Gasteiger partial charge in [0.25, 0.3) is 0 Å². The number of hydrogen-bond acceptors (Lipinski definition) is 4. The van der Waals surface area contributed by atoms with Gasteiger partial charge in [-0.1, -0.05) is 11.6 Å². The molecule has 168 valence electrons. The molecule has 3 saturated heterocycles. The Bertz CT molecular complexity index is 815. The maximum atomic E-state index is 12.6. The lowest BCUT2D eigenvalue weighted by atomic mass is 10.0. The number of rotatable bonds is 5. The first-order valence-corrected chi connectivity index (χ1v) is 11.9. The Labute approximate surface area is 193 Å². The molecule has 4 rings (SSSR count). The number of benzene rings is 1. The van der Waals surface area contributed by atoms with E-state index in [1.165, 1.54) is 6.42 Å². The van der Waals surface area contributed by atoms with Crippen molar-refractivity contribution in [3.63, 3.8) is 0 Å². The summed E-state index contributed by atoms with van der Waals surface area (Å²) in [4.78, 5) is 29.3. The van der Waals surface area contributed by atoms with Crippen LogP contribution in [-0.2, 0) is 9.59 Å². The number of halogens is 1. The van der Waals surface area contributed by atoms with Crippen molar-refractivity contribution in [1.29, 1.82) is 0 Å². The van der Waals surface area contributed by atoms with E-state index in [-0.39, 0.29) is 29.9 Å². The third kappa shape index (κ3) is 5.67. The lowest BCUT2D eigenvalue weighted by Gasteiger charge is -2.37. The van der Waals surface area contributed by atoms with Crippen molar-refractivity contribution >= 4 is 46.4 Å². The molecule has 0 saturated carbocycles. The number of nitrogens with zero attached hydrogens (tertiary/aromatic N) is 2. The molecular weight excluding hydrogens is 434 g/mol. The normalized spacial score (nSPS) is 26.2. The molecule has 3 aliphatic heterocycles. The van der Waals surface area contributed by atoms with E-state index in [1.807, 2.05) is 29.2 Å². The standard InChI is InChI=1S/C22H30ClN5O2S/c23-15-4-6-16(7-5-15)25-22(31)26-17-12-19-21(30)24-13-18(28(19)14-17)8-9-20(29)27-10-2-1-3-11-27/h4-7,17-19H,1-3,8-14H2,(H,24,30)(H2,25,26,31). The zero-order valence-corrected chi connectivity index (χ0v) is 19.2. The van der Waals surface area contributed by atoms with Crippen LogP contribution in [0.15, 0.2) is 24.3 Å². The fraction of sp³-hybridized carbons (Fsp3) is 0.591. The maximum Gasteiger partial charge on any atom is 0.237 e. The van der Waals surface area contributed by atoms with Crippen LogP contribution in [-0.4, -0.2) is 71.0 Å². The number of likely N-dealkylation sites (tertiary alicyclic amines) is 1. The summed E-state index contributed by atoms with van der Waals surface area (Å²) in [7, 11) is 0. The van der Waals surface area contributed by atoms with Crippen LogP contribution < -0.4 is 16.0 Å². The number of anilines is 1. The van der Waals surface area contributed by atoms with E-state index in [2.05, 4.69) is 20.9 Å². The summed E-state index contributed by atoms with van der Waals surface area (Å²) in [5, 5.41) is 10.8. The fourth-order valence-electron chi connectivity index (χ4n) is 4.83. The number of carbonyl (C=O) groups excluding carboxylic acids is 2. The van der Waals surface area contributed by atoms with Crippen LogP contribution >= 0.6 is 23.8 Å². The SMILES string of the molecule is O=C1NCC(CCC(=O)N2CCCCC2)N2CC(NC(=S)Nc3ccc(Cl)cc3)CC12. The van der Waals surface area contributed by atoms with Crippen molar-refractivity contribution in [2.75, 3.05) is 31.5 Å². The highest BCUT2D eigenvalue weighted by molar-refractivity contribution is 7.80. The van der Waals surface area contributed by atoms with Crippen molar-refractivity contribution in [2.24, 2.45) is 0 Å². The van der Waals surface area contributed by atoms with E-state index in [0.29, 0.717) is 29.5 Å². The number of carbonyl (C=O) groups is 2. The van der Waals surface area contributed by atoms with Gasteiger partial charge in [0.05, 0.1) is 6.04 Å². The lowest BCUT2D eigenvalue weighted by molar-refractivity contribution is -0.133. The van der Waals surface area contributed by atoms with Gasteiger partial charge in [-0.25, -0.2) is 0 Å². The molecule has 31 heavy (non-hydrogen) atoms. The minimum absolute atomic E-state index is 0.0690. The second kappa shape index (κ2) is 10.1. The maximum absolute atomic E-state index is 12.6. The summed E-state index contributed by atoms with van der Waals surface area (Å²) in [6, 6.07) is 7.46. The topological polar surface area (TPSA) is 76.7 Å². The molecular formula is C22H30ClN5O2S. The minimum atomic E-state index is -0.167. The molecule has 3 aliphatic rings. The molecule has 0 aliphatic carbocycles. The molecule has 1 aromatic carbocycles. The number of amides is 2. The smallest absolute Gasteiger partial charge is 0.237 e. The van der Waals surface area contributed by atoms with E-state index in [9.17, 15) is 9.59 Å². The van der Waals surface area contributed by atoms with E-state index in [1.54, 1.807) is 0 Å². The average molecular weight is 464 g/mol. The quantitative estimate of drug-likeness (QED) is 0.582. The number of piperazine rings is 1. The second-order valence-electron chi connectivity index (χ2n) is 8.63. The molecule has 7 nitrogen and oxygen atoms in total. The van der Waals surface area contributed by atoms with Crippen LogP contribution in [0.2, 0.25) is 5.02 Å². The zero-order valence-electron chi connectivity index (χ0n) is 17.6. The minimum Gasteiger partial charge on any atom is -0.358 e. The Hall–Kier alpha value is -1.90. The van der Waals surface area contributed by atoms with Crippen molar-refractivity contribution in [3.05, 3.63) is 29.3 Å². The summed E-state index contributed by atoms with van der Waals surface area (Å²) in [6.45, 7) is 3.11. The Morgan fingerprint density at radius 2 is 1.94 bits per heavy atom. The molecule has 2 amide bonds. The molecule has 0 aromatic heterocycles. The lowest BCUT2D eigenvalue weighted by Crippen LogP contribution is -2.58. The van der Waals surface area contributed by atoms with Gasteiger partial charge in [-0.2, -0.15) is 0 Å². The van der Waals surface area contributed by atoms with Crippen LogP contribution in [0.3, 0.4) is 0 Å². The predicted octanol–water partition coefficient (Wildman–Crippen LogP) is 2.36. The molecule has 0 radical (unpaired) electrons. The largest absolute Gasteiger partial charge is 0.358 e. The van der Waals surface area contributed by atoms with E-state index < -0.39 is 0 Å². The summed E-state index contributed by atoms with van der Waals surface area (Å²) in [5.41, 5.74) is 0.865. The summed E-state index contributed by atoms with van der Waals surface area (Å²) < 4.78 is 0. The highest BCUT2D eigenvalue weighted by Crippen LogP contribution is 2.26. The van der Waals surface area contributed by atoms with E-state index in [4.69, 9.17) is 23.8 Å². The van der Waals surface area contributed by atoms with Gasteiger partial charge in [0, 0.05) is 55.4 Å². The highest BCUT2D eigenvalue weighted by atomic mass is 35.5.